The lowest BCUT2D eigenvalue weighted by Gasteiger charge is -2.27. The minimum Gasteiger partial charge on any atom is -0.356 e. The van der Waals surface area contributed by atoms with E-state index < -0.39 is 0 Å². The number of hydrogen-bond acceptors (Lipinski definition) is 2. The SMILES string of the molecule is C[C@H]1C[C@@H](C(=O)NCCC2CC3CCC2C3)CCN1.Cl. The van der Waals surface area contributed by atoms with Crippen molar-refractivity contribution in [2.45, 2.75) is 57.9 Å². The second kappa shape index (κ2) is 7.13. The highest BCUT2D eigenvalue weighted by molar-refractivity contribution is 5.85. The van der Waals surface area contributed by atoms with Crippen molar-refractivity contribution in [2.24, 2.45) is 23.7 Å². The molecule has 20 heavy (non-hydrogen) atoms. The number of carbonyl (C=O) groups excluding carboxylic acids is 1. The number of nitrogens with one attached hydrogen (secondary N) is 2. The van der Waals surface area contributed by atoms with Gasteiger partial charge in [-0.1, -0.05) is 6.42 Å². The van der Waals surface area contributed by atoms with Crippen molar-refractivity contribution in [1.82, 2.24) is 10.6 Å². The molecule has 116 valence electrons. The maximum absolute atomic E-state index is 12.1. The van der Waals surface area contributed by atoms with E-state index in [1.165, 1.54) is 32.1 Å². The van der Waals surface area contributed by atoms with Gasteiger partial charge in [0.2, 0.25) is 5.91 Å². The van der Waals surface area contributed by atoms with Crippen LogP contribution in [0.3, 0.4) is 0 Å². The average Bonchev–Trinajstić information content (AvgIpc) is 3.01. The standard InChI is InChI=1S/C16H28N2O.ClH/c1-11-8-15(5-6-17-11)16(19)18-7-4-14-10-12-2-3-13(14)9-12;/h11-15,17H,2-10H2,1H3,(H,18,19);1H/t11-,12?,13?,14?,15-;/m0./s1. The highest BCUT2D eigenvalue weighted by Crippen LogP contribution is 2.49. The number of piperidine rings is 1. The minimum atomic E-state index is 0. The first-order chi connectivity index (χ1) is 9.22. The second-order valence-electron chi connectivity index (χ2n) is 7.09. The van der Waals surface area contributed by atoms with Gasteiger partial charge < -0.3 is 10.6 Å². The van der Waals surface area contributed by atoms with E-state index in [4.69, 9.17) is 0 Å². The number of halogens is 1. The zero-order chi connectivity index (χ0) is 13.2. The van der Waals surface area contributed by atoms with Crippen LogP contribution >= 0.6 is 12.4 Å². The minimum absolute atomic E-state index is 0. The third-order valence-corrected chi connectivity index (χ3v) is 5.69. The molecule has 0 spiro atoms. The molecule has 2 aliphatic carbocycles. The van der Waals surface area contributed by atoms with Gasteiger partial charge in [-0.15, -0.1) is 12.4 Å². The molecule has 0 aromatic rings. The molecule has 1 amide bonds. The van der Waals surface area contributed by atoms with Crippen LogP contribution in [0.5, 0.6) is 0 Å². The molecule has 2 bridgehead atoms. The second-order valence-corrected chi connectivity index (χ2v) is 7.09. The van der Waals surface area contributed by atoms with E-state index in [9.17, 15) is 4.79 Å². The molecule has 2 saturated carbocycles. The summed E-state index contributed by atoms with van der Waals surface area (Å²) < 4.78 is 0. The van der Waals surface area contributed by atoms with Crippen molar-refractivity contribution in [3.05, 3.63) is 0 Å². The normalized spacial score (nSPS) is 39.4. The summed E-state index contributed by atoms with van der Waals surface area (Å²) in [7, 11) is 0. The van der Waals surface area contributed by atoms with Crippen LogP contribution in [-0.2, 0) is 4.79 Å². The van der Waals surface area contributed by atoms with Crippen LogP contribution in [0.1, 0.15) is 51.9 Å². The van der Waals surface area contributed by atoms with Gasteiger partial charge in [-0.25, -0.2) is 0 Å². The molecule has 0 aromatic heterocycles. The smallest absolute Gasteiger partial charge is 0.223 e. The first-order valence-corrected chi connectivity index (χ1v) is 8.23. The van der Waals surface area contributed by atoms with Crippen molar-refractivity contribution < 1.29 is 4.79 Å². The van der Waals surface area contributed by atoms with E-state index in [-0.39, 0.29) is 18.3 Å². The van der Waals surface area contributed by atoms with Crippen molar-refractivity contribution in [3.63, 3.8) is 0 Å². The maximum atomic E-state index is 12.1. The summed E-state index contributed by atoms with van der Waals surface area (Å²) in [5.74, 6) is 3.47. The third-order valence-electron chi connectivity index (χ3n) is 5.69. The number of carbonyl (C=O) groups is 1. The zero-order valence-electron chi connectivity index (χ0n) is 12.6. The zero-order valence-corrected chi connectivity index (χ0v) is 13.4. The Labute approximate surface area is 129 Å². The Bertz CT molecular complexity index is 336. The first kappa shape index (κ1) is 16.1. The quantitative estimate of drug-likeness (QED) is 0.838. The lowest BCUT2D eigenvalue weighted by Crippen LogP contribution is -2.42. The predicted octanol–water partition coefficient (Wildman–Crippen LogP) is 2.74. The van der Waals surface area contributed by atoms with Crippen molar-refractivity contribution >= 4 is 18.3 Å². The fourth-order valence-electron chi connectivity index (χ4n) is 4.63. The summed E-state index contributed by atoms with van der Waals surface area (Å²) in [5, 5.41) is 6.60. The number of rotatable bonds is 4. The molecule has 3 nitrogen and oxygen atoms in total. The van der Waals surface area contributed by atoms with Gasteiger partial charge in [-0.2, -0.15) is 0 Å². The van der Waals surface area contributed by atoms with Gasteiger partial charge in [-0.05, 0) is 69.7 Å². The molecule has 1 saturated heterocycles. The van der Waals surface area contributed by atoms with Crippen LogP contribution in [0.4, 0.5) is 0 Å². The molecule has 1 aliphatic heterocycles. The summed E-state index contributed by atoms with van der Waals surface area (Å²) in [6, 6.07) is 0.495. The lowest BCUT2D eigenvalue weighted by atomic mass is 9.86. The van der Waals surface area contributed by atoms with Crippen LogP contribution in [0.15, 0.2) is 0 Å². The van der Waals surface area contributed by atoms with Gasteiger partial charge in [0.05, 0.1) is 0 Å². The van der Waals surface area contributed by atoms with Crippen LogP contribution in [-0.4, -0.2) is 25.0 Å². The maximum Gasteiger partial charge on any atom is 0.223 e. The van der Waals surface area contributed by atoms with Gasteiger partial charge in [0.25, 0.3) is 0 Å². The Hall–Kier alpha value is -0.280. The Balaban J connectivity index is 0.00000147. The van der Waals surface area contributed by atoms with E-state index in [0.29, 0.717) is 11.9 Å². The van der Waals surface area contributed by atoms with Gasteiger partial charge in [-0.3, -0.25) is 4.79 Å². The van der Waals surface area contributed by atoms with Crippen LogP contribution < -0.4 is 10.6 Å². The van der Waals surface area contributed by atoms with Crippen molar-refractivity contribution in [3.8, 4) is 0 Å². The molecule has 1 heterocycles. The van der Waals surface area contributed by atoms with Gasteiger partial charge in [0.15, 0.2) is 0 Å². The summed E-state index contributed by atoms with van der Waals surface area (Å²) >= 11 is 0. The van der Waals surface area contributed by atoms with E-state index in [1.54, 1.807) is 0 Å². The molecule has 5 atom stereocenters. The average molecular weight is 301 g/mol. The molecule has 0 aromatic carbocycles. The lowest BCUT2D eigenvalue weighted by molar-refractivity contribution is -0.126. The number of hydrogen-bond donors (Lipinski definition) is 2. The van der Waals surface area contributed by atoms with Gasteiger partial charge in [0, 0.05) is 18.5 Å². The highest BCUT2D eigenvalue weighted by Gasteiger charge is 2.38. The van der Waals surface area contributed by atoms with Crippen LogP contribution in [0, 0.1) is 23.7 Å². The molecule has 3 rings (SSSR count). The molecular formula is C16H29ClN2O. The Morgan fingerprint density at radius 2 is 2.05 bits per heavy atom. The molecule has 3 aliphatic rings. The summed E-state index contributed by atoms with van der Waals surface area (Å²) in [6.07, 6.45) is 9.06. The highest BCUT2D eigenvalue weighted by atomic mass is 35.5. The van der Waals surface area contributed by atoms with E-state index in [2.05, 4.69) is 17.6 Å². The molecule has 3 fully saturated rings. The Kier molecular flexibility index (Phi) is 5.74. The predicted molar refractivity (Wildman–Crippen MR) is 84.0 cm³/mol. The van der Waals surface area contributed by atoms with Crippen LogP contribution in [0.2, 0.25) is 0 Å². The van der Waals surface area contributed by atoms with Crippen LogP contribution in [0.25, 0.3) is 0 Å². The number of fused-ring (bicyclic) bond motifs is 2. The third kappa shape index (κ3) is 3.67. The summed E-state index contributed by atoms with van der Waals surface area (Å²) in [5.41, 5.74) is 0. The Morgan fingerprint density at radius 1 is 1.20 bits per heavy atom. The molecule has 4 heteroatoms. The monoisotopic (exact) mass is 300 g/mol. The fourth-order valence-corrected chi connectivity index (χ4v) is 4.63. The van der Waals surface area contributed by atoms with E-state index >= 15 is 0 Å². The van der Waals surface area contributed by atoms with Gasteiger partial charge in [0.1, 0.15) is 0 Å². The summed E-state index contributed by atoms with van der Waals surface area (Å²) in [6.45, 7) is 4.07. The summed E-state index contributed by atoms with van der Waals surface area (Å²) in [4.78, 5) is 12.1. The van der Waals surface area contributed by atoms with E-state index in [0.717, 1.165) is 43.7 Å². The molecule has 2 N–H and O–H groups in total. The Morgan fingerprint density at radius 3 is 2.70 bits per heavy atom. The van der Waals surface area contributed by atoms with Gasteiger partial charge >= 0.3 is 0 Å². The fraction of sp³-hybridized carbons (Fsp3) is 0.938. The first-order valence-electron chi connectivity index (χ1n) is 8.23. The van der Waals surface area contributed by atoms with Crippen molar-refractivity contribution in [2.75, 3.05) is 13.1 Å². The number of amides is 1. The molecule has 0 radical (unpaired) electrons. The largest absolute Gasteiger partial charge is 0.356 e. The topological polar surface area (TPSA) is 41.1 Å². The molecular weight excluding hydrogens is 272 g/mol. The van der Waals surface area contributed by atoms with E-state index in [1.807, 2.05) is 0 Å². The van der Waals surface area contributed by atoms with Crippen molar-refractivity contribution in [1.29, 1.82) is 0 Å². The molecule has 3 unspecified atom stereocenters.